The first-order valence-corrected chi connectivity index (χ1v) is 4.21. The molecule has 0 saturated heterocycles. The number of hydrogen-bond donors (Lipinski definition) is 1. The smallest absolute Gasteiger partial charge is 0.129 e. The summed E-state index contributed by atoms with van der Waals surface area (Å²) in [5, 5.41) is 3.20. The van der Waals surface area contributed by atoms with Gasteiger partial charge in [-0.25, -0.2) is 4.98 Å². The van der Waals surface area contributed by atoms with E-state index < -0.39 is 0 Å². The van der Waals surface area contributed by atoms with Crippen molar-refractivity contribution in [2.24, 2.45) is 0 Å². The summed E-state index contributed by atoms with van der Waals surface area (Å²) in [5.41, 5.74) is 2.40. The van der Waals surface area contributed by atoms with Crippen LogP contribution in [0.25, 0.3) is 0 Å². The highest BCUT2D eigenvalue weighted by molar-refractivity contribution is 6.17. The van der Waals surface area contributed by atoms with E-state index in [2.05, 4.69) is 16.4 Å². The Hall–Kier alpha value is -0.760. The Labute approximate surface area is 70.6 Å². The second-order valence-electron chi connectivity index (χ2n) is 2.66. The van der Waals surface area contributed by atoms with Crippen molar-refractivity contribution in [1.29, 1.82) is 0 Å². The van der Waals surface area contributed by atoms with Crippen LogP contribution in [0.4, 0.5) is 5.82 Å². The number of aromatic nitrogens is 1. The van der Waals surface area contributed by atoms with Crippen molar-refractivity contribution in [3.63, 3.8) is 0 Å². The fourth-order valence-electron chi connectivity index (χ4n) is 1.30. The van der Waals surface area contributed by atoms with Gasteiger partial charge in [0, 0.05) is 18.6 Å². The highest BCUT2D eigenvalue weighted by Crippen LogP contribution is 2.20. The Morgan fingerprint density at radius 1 is 1.64 bits per heavy atom. The van der Waals surface area contributed by atoms with E-state index in [0.717, 1.165) is 24.3 Å². The van der Waals surface area contributed by atoms with E-state index in [0.29, 0.717) is 5.88 Å². The van der Waals surface area contributed by atoms with E-state index >= 15 is 0 Å². The van der Waals surface area contributed by atoms with Crippen LogP contribution in [0.15, 0.2) is 12.3 Å². The molecule has 1 aliphatic heterocycles. The van der Waals surface area contributed by atoms with E-state index in [4.69, 9.17) is 11.6 Å². The first-order valence-electron chi connectivity index (χ1n) is 3.68. The lowest BCUT2D eigenvalue weighted by Crippen LogP contribution is -1.92. The predicted molar refractivity (Wildman–Crippen MR) is 46.0 cm³/mol. The van der Waals surface area contributed by atoms with E-state index in [1.807, 2.05) is 6.20 Å². The van der Waals surface area contributed by atoms with Crippen LogP contribution in [-0.4, -0.2) is 11.5 Å². The molecule has 0 radical (unpaired) electrons. The average Bonchev–Trinajstić information content (AvgIpc) is 2.50. The van der Waals surface area contributed by atoms with Gasteiger partial charge in [0.05, 0.1) is 0 Å². The van der Waals surface area contributed by atoms with Crippen LogP contribution < -0.4 is 5.32 Å². The third-order valence-electron chi connectivity index (χ3n) is 1.86. The Bertz CT molecular complexity index is 273. The largest absolute Gasteiger partial charge is 0.370 e. The molecular weight excluding hydrogens is 160 g/mol. The summed E-state index contributed by atoms with van der Waals surface area (Å²) in [5.74, 6) is 1.58. The molecule has 58 valence electrons. The van der Waals surface area contributed by atoms with Crippen molar-refractivity contribution < 1.29 is 0 Å². The van der Waals surface area contributed by atoms with Crippen LogP contribution in [0.5, 0.6) is 0 Å². The molecule has 0 saturated carbocycles. The summed E-state index contributed by atoms with van der Waals surface area (Å²) >= 11 is 5.67. The average molecular weight is 169 g/mol. The number of fused-ring (bicyclic) bond motifs is 1. The molecule has 2 rings (SSSR count). The topological polar surface area (TPSA) is 24.9 Å². The minimum absolute atomic E-state index is 0.556. The van der Waals surface area contributed by atoms with Gasteiger partial charge in [-0.3, -0.25) is 0 Å². The van der Waals surface area contributed by atoms with Crippen molar-refractivity contribution >= 4 is 17.4 Å². The molecule has 2 heterocycles. The van der Waals surface area contributed by atoms with Crippen molar-refractivity contribution in [3.8, 4) is 0 Å². The van der Waals surface area contributed by atoms with Crippen LogP contribution in [0, 0.1) is 0 Å². The lowest BCUT2D eigenvalue weighted by atomic mass is 10.2. The zero-order valence-corrected chi connectivity index (χ0v) is 6.86. The monoisotopic (exact) mass is 168 g/mol. The van der Waals surface area contributed by atoms with Crippen LogP contribution in [-0.2, 0) is 12.3 Å². The molecule has 1 aromatic rings. The molecule has 0 bridgehead atoms. The highest BCUT2D eigenvalue weighted by Gasteiger charge is 2.10. The maximum Gasteiger partial charge on any atom is 0.129 e. The number of pyridine rings is 1. The fraction of sp³-hybridized carbons (Fsp3) is 0.375. The molecular formula is C8H9ClN2. The van der Waals surface area contributed by atoms with Gasteiger partial charge in [0.1, 0.15) is 5.82 Å². The van der Waals surface area contributed by atoms with Crippen molar-refractivity contribution in [2.75, 3.05) is 11.9 Å². The van der Waals surface area contributed by atoms with Gasteiger partial charge in [-0.05, 0) is 23.6 Å². The minimum atomic E-state index is 0.556. The van der Waals surface area contributed by atoms with Gasteiger partial charge >= 0.3 is 0 Å². The Morgan fingerprint density at radius 3 is 3.36 bits per heavy atom. The molecule has 11 heavy (non-hydrogen) atoms. The molecule has 0 spiro atoms. The third kappa shape index (κ3) is 1.18. The lowest BCUT2D eigenvalue weighted by molar-refractivity contribution is 1.10. The van der Waals surface area contributed by atoms with Gasteiger partial charge < -0.3 is 5.32 Å². The van der Waals surface area contributed by atoms with Gasteiger partial charge in [-0.1, -0.05) is 0 Å². The zero-order valence-electron chi connectivity index (χ0n) is 6.10. The molecule has 1 aromatic heterocycles. The predicted octanol–water partition coefficient (Wildman–Crippen LogP) is 1.79. The maximum absolute atomic E-state index is 5.67. The summed E-state index contributed by atoms with van der Waals surface area (Å²) < 4.78 is 0. The standard InChI is InChI=1S/C8H9ClN2/c9-4-6-3-7-1-2-10-8(7)11-5-6/h3,5H,1-2,4H2,(H,10,11). The minimum Gasteiger partial charge on any atom is -0.370 e. The number of nitrogens with one attached hydrogen (secondary N) is 1. The molecule has 0 unspecified atom stereocenters. The molecule has 1 aliphatic rings. The van der Waals surface area contributed by atoms with E-state index in [9.17, 15) is 0 Å². The SMILES string of the molecule is ClCc1cnc2c(c1)CCN2. The quantitative estimate of drug-likeness (QED) is 0.647. The van der Waals surface area contributed by atoms with E-state index in [1.54, 1.807) is 0 Å². The molecule has 2 nitrogen and oxygen atoms in total. The number of anilines is 1. The van der Waals surface area contributed by atoms with Gasteiger partial charge in [0.25, 0.3) is 0 Å². The van der Waals surface area contributed by atoms with Gasteiger partial charge in [0.15, 0.2) is 0 Å². The first kappa shape index (κ1) is 6.92. The summed E-state index contributed by atoms with van der Waals surface area (Å²) in [4.78, 5) is 4.23. The fourth-order valence-corrected chi connectivity index (χ4v) is 1.44. The molecule has 0 atom stereocenters. The third-order valence-corrected chi connectivity index (χ3v) is 2.17. The second kappa shape index (κ2) is 2.70. The number of rotatable bonds is 1. The summed E-state index contributed by atoms with van der Waals surface area (Å²) in [6.45, 7) is 1.01. The maximum atomic E-state index is 5.67. The van der Waals surface area contributed by atoms with Crippen LogP contribution in [0.3, 0.4) is 0 Å². The number of hydrogen-bond acceptors (Lipinski definition) is 2. The molecule has 0 aliphatic carbocycles. The summed E-state index contributed by atoms with van der Waals surface area (Å²) in [6, 6.07) is 2.12. The number of nitrogens with zero attached hydrogens (tertiary/aromatic N) is 1. The molecule has 0 aromatic carbocycles. The van der Waals surface area contributed by atoms with Crippen molar-refractivity contribution in [3.05, 3.63) is 23.4 Å². The van der Waals surface area contributed by atoms with Gasteiger partial charge in [-0.15, -0.1) is 11.6 Å². The number of halogens is 1. The Kier molecular flexibility index (Phi) is 1.70. The Morgan fingerprint density at radius 2 is 2.55 bits per heavy atom. The summed E-state index contributed by atoms with van der Waals surface area (Å²) in [6.07, 6.45) is 2.90. The molecule has 0 amide bonds. The van der Waals surface area contributed by atoms with Crippen molar-refractivity contribution in [2.45, 2.75) is 12.3 Å². The zero-order chi connectivity index (χ0) is 7.68. The number of alkyl halides is 1. The van der Waals surface area contributed by atoms with Gasteiger partial charge in [-0.2, -0.15) is 0 Å². The lowest BCUT2D eigenvalue weighted by Gasteiger charge is -1.99. The van der Waals surface area contributed by atoms with Crippen LogP contribution >= 0.6 is 11.6 Å². The highest BCUT2D eigenvalue weighted by atomic mass is 35.5. The Balaban J connectivity index is 2.41. The summed E-state index contributed by atoms with van der Waals surface area (Å²) in [7, 11) is 0. The normalized spacial score (nSPS) is 14.3. The second-order valence-corrected chi connectivity index (χ2v) is 2.93. The van der Waals surface area contributed by atoms with E-state index in [-0.39, 0.29) is 0 Å². The molecule has 1 N–H and O–H groups in total. The van der Waals surface area contributed by atoms with Crippen LogP contribution in [0.1, 0.15) is 11.1 Å². The van der Waals surface area contributed by atoms with Crippen molar-refractivity contribution in [1.82, 2.24) is 4.98 Å². The van der Waals surface area contributed by atoms with Gasteiger partial charge in [0.2, 0.25) is 0 Å². The molecule has 0 fully saturated rings. The van der Waals surface area contributed by atoms with Crippen LogP contribution in [0.2, 0.25) is 0 Å². The van der Waals surface area contributed by atoms with E-state index in [1.165, 1.54) is 5.56 Å². The molecule has 3 heteroatoms. The first-order chi connectivity index (χ1) is 5.40.